The molecule has 17 heavy (non-hydrogen) atoms. The van der Waals surface area contributed by atoms with Crippen molar-refractivity contribution in [1.29, 1.82) is 0 Å². The Hall–Kier alpha value is -1.20. The van der Waals surface area contributed by atoms with Gasteiger partial charge < -0.3 is 5.73 Å². The third kappa shape index (κ3) is 4.28. The minimum absolute atomic E-state index is 0.0616. The zero-order valence-electron chi connectivity index (χ0n) is 10.2. The predicted octanol–water partition coefficient (Wildman–Crippen LogP) is 2.57. The molecule has 0 aromatic heterocycles. The molecule has 0 heterocycles. The molecule has 1 unspecified atom stereocenters. The summed E-state index contributed by atoms with van der Waals surface area (Å²) in [6.07, 6.45) is 0.822. The summed E-state index contributed by atoms with van der Waals surface area (Å²) in [5, 5.41) is -0.0616. The van der Waals surface area contributed by atoms with E-state index in [1.54, 1.807) is 4.90 Å². The van der Waals surface area contributed by atoms with Crippen LogP contribution in [0, 0.1) is 0 Å². The second-order valence-electron chi connectivity index (χ2n) is 3.55. The van der Waals surface area contributed by atoms with Crippen LogP contribution in [0.15, 0.2) is 30.3 Å². The van der Waals surface area contributed by atoms with Crippen LogP contribution in [0.5, 0.6) is 0 Å². The van der Waals surface area contributed by atoms with Gasteiger partial charge in [-0.2, -0.15) is 0 Å². The summed E-state index contributed by atoms with van der Waals surface area (Å²) in [5.74, 6) is 0. The van der Waals surface area contributed by atoms with Crippen LogP contribution in [-0.4, -0.2) is 17.9 Å². The van der Waals surface area contributed by atoms with E-state index in [4.69, 9.17) is 5.73 Å². The molecule has 1 aromatic carbocycles. The van der Waals surface area contributed by atoms with Gasteiger partial charge in [-0.1, -0.05) is 25.1 Å². The zero-order valence-corrected chi connectivity index (χ0v) is 11.0. The molecule has 0 spiro atoms. The SMILES string of the molecule is CCC(N)SNC(=O)N(CC)c1ccccc1. The lowest BCUT2D eigenvalue weighted by Gasteiger charge is -2.21. The number of nitrogens with two attached hydrogens (primary N) is 1. The molecule has 0 saturated heterocycles. The molecule has 1 aromatic rings. The third-order valence-corrected chi connectivity index (χ3v) is 3.26. The monoisotopic (exact) mass is 253 g/mol. The number of nitrogens with zero attached hydrogens (tertiary/aromatic N) is 1. The molecule has 0 bridgehead atoms. The fraction of sp³-hybridized carbons (Fsp3) is 0.417. The van der Waals surface area contributed by atoms with E-state index >= 15 is 0 Å². The summed E-state index contributed by atoms with van der Waals surface area (Å²) in [6.45, 7) is 4.55. The maximum absolute atomic E-state index is 11.9. The number of carbonyl (C=O) groups is 1. The summed E-state index contributed by atoms with van der Waals surface area (Å²) in [4.78, 5) is 13.6. The Labute approximate surface area is 107 Å². The van der Waals surface area contributed by atoms with Crippen LogP contribution in [0.2, 0.25) is 0 Å². The lowest BCUT2D eigenvalue weighted by molar-refractivity contribution is 0.252. The Bertz CT molecular complexity index is 345. The Morgan fingerprint density at radius 1 is 1.41 bits per heavy atom. The molecule has 2 amide bonds. The molecule has 0 fully saturated rings. The number of hydrogen-bond donors (Lipinski definition) is 2. The van der Waals surface area contributed by atoms with Crippen LogP contribution in [0.3, 0.4) is 0 Å². The van der Waals surface area contributed by atoms with Gasteiger partial charge in [0.25, 0.3) is 0 Å². The molecule has 0 radical (unpaired) electrons. The molecule has 0 aliphatic rings. The summed E-state index contributed by atoms with van der Waals surface area (Å²) in [5.41, 5.74) is 6.62. The molecule has 4 nitrogen and oxygen atoms in total. The Kier molecular flexibility index (Phi) is 5.86. The number of carbonyl (C=O) groups excluding carboxylic acids is 1. The van der Waals surface area contributed by atoms with Crippen molar-refractivity contribution in [2.24, 2.45) is 5.73 Å². The molecule has 0 aliphatic carbocycles. The minimum Gasteiger partial charge on any atom is -0.318 e. The smallest absolute Gasteiger partial charge is 0.318 e. The van der Waals surface area contributed by atoms with E-state index in [1.165, 1.54) is 11.9 Å². The summed E-state index contributed by atoms with van der Waals surface area (Å²) >= 11 is 1.26. The van der Waals surface area contributed by atoms with Crippen molar-refractivity contribution in [3.8, 4) is 0 Å². The van der Waals surface area contributed by atoms with Crippen molar-refractivity contribution < 1.29 is 4.79 Å². The first-order valence-electron chi connectivity index (χ1n) is 5.72. The number of nitrogens with one attached hydrogen (secondary N) is 1. The molecule has 5 heteroatoms. The number of rotatable bonds is 5. The maximum atomic E-state index is 11.9. The molecule has 1 atom stereocenters. The van der Waals surface area contributed by atoms with E-state index < -0.39 is 0 Å². The van der Waals surface area contributed by atoms with E-state index in [0.717, 1.165) is 12.1 Å². The van der Waals surface area contributed by atoms with E-state index in [0.29, 0.717) is 6.54 Å². The molecular weight excluding hydrogens is 234 g/mol. The van der Waals surface area contributed by atoms with Crippen molar-refractivity contribution >= 4 is 23.7 Å². The fourth-order valence-corrected chi connectivity index (χ4v) is 1.84. The number of anilines is 1. The summed E-state index contributed by atoms with van der Waals surface area (Å²) in [7, 11) is 0. The van der Waals surface area contributed by atoms with Crippen LogP contribution in [0.1, 0.15) is 20.3 Å². The van der Waals surface area contributed by atoms with Crippen LogP contribution in [-0.2, 0) is 0 Å². The van der Waals surface area contributed by atoms with Gasteiger partial charge in [0.1, 0.15) is 0 Å². The maximum Gasteiger partial charge on any atom is 0.331 e. The molecule has 0 aliphatic heterocycles. The van der Waals surface area contributed by atoms with Gasteiger partial charge in [0, 0.05) is 12.2 Å². The number of benzene rings is 1. The summed E-state index contributed by atoms with van der Waals surface area (Å²) < 4.78 is 2.76. The number of urea groups is 1. The first-order valence-corrected chi connectivity index (χ1v) is 6.60. The second kappa shape index (κ2) is 7.19. The van der Waals surface area contributed by atoms with Crippen molar-refractivity contribution in [3.05, 3.63) is 30.3 Å². The Morgan fingerprint density at radius 3 is 2.59 bits per heavy atom. The highest BCUT2D eigenvalue weighted by molar-refractivity contribution is 7.98. The van der Waals surface area contributed by atoms with Crippen molar-refractivity contribution in [3.63, 3.8) is 0 Å². The van der Waals surface area contributed by atoms with Gasteiger partial charge in [-0.3, -0.25) is 9.62 Å². The Balaban J connectivity index is 2.59. The van der Waals surface area contributed by atoms with Gasteiger partial charge in [0.15, 0.2) is 0 Å². The van der Waals surface area contributed by atoms with Gasteiger partial charge in [-0.25, -0.2) is 4.79 Å². The van der Waals surface area contributed by atoms with Gasteiger partial charge in [0.2, 0.25) is 0 Å². The highest BCUT2D eigenvalue weighted by Gasteiger charge is 2.14. The van der Waals surface area contributed by atoms with Gasteiger partial charge >= 0.3 is 6.03 Å². The Morgan fingerprint density at radius 2 is 2.06 bits per heavy atom. The largest absolute Gasteiger partial charge is 0.331 e. The van der Waals surface area contributed by atoms with Crippen molar-refractivity contribution in [2.45, 2.75) is 25.6 Å². The number of para-hydroxylation sites is 1. The lowest BCUT2D eigenvalue weighted by Crippen LogP contribution is -2.38. The predicted molar refractivity (Wildman–Crippen MR) is 73.9 cm³/mol. The van der Waals surface area contributed by atoms with E-state index in [-0.39, 0.29) is 11.4 Å². The van der Waals surface area contributed by atoms with Crippen LogP contribution in [0.4, 0.5) is 10.5 Å². The first-order chi connectivity index (χ1) is 8.19. The quantitative estimate of drug-likeness (QED) is 0.626. The van der Waals surface area contributed by atoms with Crippen LogP contribution >= 0.6 is 11.9 Å². The lowest BCUT2D eigenvalue weighted by atomic mass is 10.3. The topological polar surface area (TPSA) is 58.4 Å². The zero-order chi connectivity index (χ0) is 12.7. The third-order valence-electron chi connectivity index (χ3n) is 2.33. The van der Waals surface area contributed by atoms with Crippen LogP contribution in [0.25, 0.3) is 0 Å². The average molecular weight is 253 g/mol. The van der Waals surface area contributed by atoms with Crippen molar-refractivity contribution in [2.75, 3.05) is 11.4 Å². The molecule has 94 valence electrons. The molecule has 3 N–H and O–H groups in total. The summed E-state index contributed by atoms with van der Waals surface area (Å²) in [6, 6.07) is 9.44. The van der Waals surface area contributed by atoms with E-state index in [1.807, 2.05) is 44.2 Å². The standard InChI is InChI=1S/C12H19N3OS/c1-3-11(13)17-14-12(16)15(4-2)10-8-6-5-7-9-10/h5-9,11H,3-4,13H2,1-2H3,(H,14,16). The van der Waals surface area contributed by atoms with E-state index in [2.05, 4.69) is 4.72 Å². The molecular formula is C12H19N3OS. The van der Waals surface area contributed by atoms with Gasteiger partial charge in [0.05, 0.1) is 5.37 Å². The van der Waals surface area contributed by atoms with Gasteiger partial charge in [-0.05, 0) is 37.4 Å². The minimum atomic E-state index is -0.132. The van der Waals surface area contributed by atoms with Gasteiger partial charge in [-0.15, -0.1) is 0 Å². The molecule has 1 rings (SSSR count). The average Bonchev–Trinajstić information content (AvgIpc) is 2.38. The number of amides is 2. The highest BCUT2D eigenvalue weighted by Crippen LogP contribution is 2.14. The molecule has 0 saturated carbocycles. The van der Waals surface area contributed by atoms with E-state index in [9.17, 15) is 4.79 Å². The highest BCUT2D eigenvalue weighted by atomic mass is 32.2. The van der Waals surface area contributed by atoms with Crippen molar-refractivity contribution in [1.82, 2.24) is 4.72 Å². The second-order valence-corrected chi connectivity index (χ2v) is 4.60. The number of hydrogen-bond acceptors (Lipinski definition) is 3. The normalized spacial score (nSPS) is 11.9. The first kappa shape index (κ1) is 13.9. The van der Waals surface area contributed by atoms with Crippen LogP contribution < -0.4 is 15.4 Å². The fourth-order valence-electron chi connectivity index (χ4n) is 1.32.